The molecule has 0 aromatic carbocycles. The van der Waals surface area contributed by atoms with Gasteiger partial charge >= 0.3 is 0 Å². The molecule has 0 aliphatic heterocycles. The molecule has 2 rings (SSSR count). The molecule has 0 spiro atoms. The van der Waals surface area contributed by atoms with Crippen molar-refractivity contribution in [3.63, 3.8) is 0 Å². The van der Waals surface area contributed by atoms with Gasteiger partial charge in [-0.1, -0.05) is 6.92 Å². The quantitative estimate of drug-likeness (QED) is 0.761. The van der Waals surface area contributed by atoms with E-state index >= 15 is 0 Å². The van der Waals surface area contributed by atoms with E-state index in [0.717, 1.165) is 19.6 Å². The van der Waals surface area contributed by atoms with Crippen LogP contribution in [0.4, 0.5) is 0 Å². The molecular formula is C12H21N3. The second kappa shape index (κ2) is 4.79. The summed E-state index contributed by atoms with van der Waals surface area (Å²) in [5, 5.41) is 3.37. The maximum Gasteiger partial charge on any atom is 0.106 e. The lowest BCUT2D eigenvalue weighted by Crippen LogP contribution is -2.21. The molecule has 15 heavy (non-hydrogen) atoms. The van der Waals surface area contributed by atoms with Gasteiger partial charge in [-0.15, -0.1) is 0 Å². The van der Waals surface area contributed by atoms with Crippen LogP contribution in [0.25, 0.3) is 0 Å². The zero-order valence-corrected chi connectivity index (χ0v) is 9.84. The van der Waals surface area contributed by atoms with E-state index in [9.17, 15) is 0 Å². The molecule has 1 aliphatic carbocycles. The van der Waals surface area contributed by atoms with Crippen LogP contribution in [-0.2, 0) is 19.4 Å². The highest BCUT2D eigenvalue weighted by Gasteiger charge is 2.17. The fraction of sp³-hybridized carbons (Fsp3) is 0.750. The minimum atomic E-state index is 1.05. The summed E-state index contributed by atoms with van der Waals surface area (Å²) in [7, 11) is 0. The van der Waals surface area contributed by atoms with E-state index in [1.54, 1.807) is 0 Å². The Kier molecular flexibility index (Phi) is 3.41. The first kappa shape index (κ1) is 10.7. The lowest BCUT2D eigenvalue weighted by Gasteiger charge is -2.14. The zero-order chi connectivity index (χ0) is 10.7. The van der Waals surface area contributed by atoms with Gasteiger partial charge in [-0.05, 0) is 39.2 Å². The second-order valence-electron chi connectivity index (χ2n) is 4.26. The van der Waals surface area contributed by atoms with Crippen LogP contribution < -0.4 is 5.32 Å². The lowest BCUT2D eigenvalue weighted by atomic mass is 10.0. The highest BCUT2D eigenvalue weighted by molar-refractivity contribution is 5.19. The number of imidazole rings is 1. The van der Waals surface area contributed by atoms with Crippen molar-refractivity contribution in [2.75, 3.05) is 13.1 Å². The number of hydrogen-bond acceptors (Lipinski definition) is 2. The minimum Gasteiger partial charge on any atom is -0.331 e. The number of aromatic nitrogens is 2. The Morgan fingerprint density at radius 3 is 2.93 bits per heavy atom. The standard InChI is InChI=1S/C12H21N3/c1-3-13-8-9-15-10(2)14-11-6-4-5-7-12(11)15/h13H,3-9H2,1-2H3. The van der Waals surface area contributed by atoms with Gasteiger partial charge in [0.25, 0.3) is 0 Å². The molecule has 1 aromatic heterocycles. The van der Waals surface area contributed by atoms with E-state index in [1.165, 1.54) is 42.9 Å². The van der Waals surface area contributed by atoms with E-state index in [4.69, 9.17) is 0 Å². The van der Waals surface area contributed by atoms with Crippen LogP contribution in [0.2, 0.25) is 0 Å². The van der Waals surface area contributed by atoms with Gasteiger partial charge in [-0.25, -0.2) is 4.98 Å². The predicted molar refractivity (Wildman–Crippen MR) is 62.1 cm³/mol. The van der Waals surface area contributed by atoms with E-state index in [-0.39, 0.29) is 0 Å². The molecular weight excluding hydrogens is 186 g/mol. The summed E-state index contributed by atoms with van der Waals surface area (Å²) in [6.07, 6.45) is 5.06. The van der Waals surface area contributed by atoms with Crippen LogP contribution in [0.1, 0.15) is 37.0 Å². The van der Waals surface area contributed by atoms with Gasteiger partial charge in [0, 0.05) is 18.8 Å². The smallest absolute Gasteiger partial charge is 0.106 e. The predicted octanol–water partition coefficient (Wildman–Crippen LogP) is 1.68. The summed E-state index contributed by atoms with van der Waals surface area (Å²) in [5.41, 5.74) is 2.85. The molecule has 84 valence electrons. The van der Waals surface area contributed by atoms with Crippen LogP contribution in [0.15, 0.2) is 0 Å². The average molecular weight is 207 g/mol. The van der Waals surface area contributed by atoms with Gasteiger partial charge in [0.1, 0.15) is 5.82 Å². The van der Waals surface area contributed by atoms with Gasteiger partial charge < -0.3 is 9.88 Å². The molecule has 0 saturated heterocycles. The Bertz CT molecular complexity index is 328. The summed E-state index contributed by atoms with van der Waals surface area (Å²) in [6, 6.07) is 0. The molecule has 0 atom stereocenters. The van der Waals surface area contributed by atoms with Gasteiger partial charge in [-0.2, -0.15) is 0 Å². The highest BCUT2D eigenvalue weighted by Crippen LogP contribution is 2.21. The normalized spacial score (nSPS) is 15.3. The Balaban J connectivity index is 2.11. The fourth-order valence-corrected chi connectivity index (χ4v) is 2.40. The van der Waals surface area contributed by atoms with Crippen LogP contribution in [-0.4, -0.2) is 22.6 Å². The third-order valence-electron chi connectivity index (χ3n) is 3.19. The summed E-state index contributed by atoms with van der Waals surface area (Å²) in [4.78, 5) is 4.67. The van der Waals surface area contributed by atoms with Crippen LogP contribution in [0, 0.1) is 6.92 Å². The molecule has 0 unspecified atom stereocenters. The van der Waals surface area contributed by atoms with Crippen molar-refractivity contribution in [2.24, 2.45) is 0 Å². The van der Waals surface area contributed by atoms with Gasteiger partial charge in [0.05, 0.1) is 5.69 Å². The van der Waals surface area contributed by atoms with E-state index in [2.05, 4.69) is 28.7 Å². The molecule has 0 saturated carbocycles. The van der Waals surface area contributed by atoms with E-state index in [0.29, 0.717) is 0 Å². The lowest BCUT2D eigenvalue weighted by molar-refractivity contribution is 0.563. The number of likely N-dealkylation sites (N-methyl/N-ethyl adjacent to an activating group) is 1. The molecule has 1 aliphatic rings. The third kappa shape index (κ3) is 2.23. The second-order valence-corrected chi connectivity index (χ2v) is 4.26. The van der Waals surface area contributed by atoms with Crippen molar-refractivity contribution in [3.8, 4) is 0 Å². The van der Waals surface area contributed by atoms with Crippen LogP contribution in [0.3, 0.4) is 0 Å². The Morgan fingerprint density at radius 2 is 2.13 bits per heavy atom. The summed E-state index contributed by atoms with van der Waals surface area (Å²) < 4.78 is 2.40. The number of fused-ring (bicyclic) bond motifs is 1. The number of aryl methyl sites for hydroxylation is 2. The first-order valence-electron chi connectivity index (χ1n) is 6.08. The van der Waals surface area contributed by atoms with Gasteiger partial charge in [-0.3, -0.25) is 0 Å². The Hall–Kier alpha value is -0.830. The fourth-order valence-electron chi connectivity index (χ4n) is 2.40. The van der Waals surface area contributed by atoms with Crippen molar-refractivity contribution < 1.29 is 0 Å². The highest BCUT2D eigenvalue weighted by atomic mass is 15.1. The molecule has 0 radical (unpaired) electrons. The molecule has 1 heterocycles. The van der Waals surface area contributed by atoms with Crippen molar-refractivity contribution in [2.45, 2.75) is 46.1 Å². The molecule has 0 amide bonds. The monoisotopic (exact) mass is 207 g/mol. The SMILES string of the molecule is CCNCCn1c(C)nc2c1CCCC2. The van der Waals surface area contributed by atoms with Crippen molar-refractivity contribution in [3.05, 3.63) is 17.2 Å². The number of rotatable bonds is 4. The molecule has 3 heteroatoms. The Morgan fingerprint density at radius 1 is 1.33 bits per heavy atom. The number of nitrogens with one attached hydrogen (secondary N) is 1. The topological polar surface area (TPSA) is 29.9 Å². The average Bonchev–Trinajstić information content (AvgIpc) is 2.56. The maximum absolute atomic E-state index is 4.67. The van der Waals surface area contributed by atoms with Crippen molar-refractivity contribution >= 4 is 0 Å². The zero-order valence-electron chi connectivity index (χ0n) is 9.84. The summed E-state index contributed by atoms with van der Waals surface area (Å²) >= 11 is 0. The van der Waals surface area contributed by atoms with Crippen molar-refractivity contribution in [1.29, 1.82) is 0 Å². The molecule has 0 bridgehead atoms. The molecule has 3 nitrogen and oxygen atoms in total. The third-order valence-corrected chi connectivity index (χ3v) is 3.19. The summed E-state index contributed by atoms with van der Waals surface area (Å²) in [6.45, 7) is 7.46. The number of nitrogens with zero attached hydrogens (tertiary/aromatic N) is 2. The minimum absolute atomic E-state index is 1.05. The van der Waals surface area contributed by atoms with E-state index in [1.807, 2.05) is 0 Å². The molecule has 0 fully saturated rings. The first-order chi connectivity index (χ1) is 7.33. The Labute approximate surface area is 91.9 Å². The van der Waals surface area contributed by atoms with Gasteiger partial charge in [0.15, 0.2) is 0 Å². The molecule has 1 aromatic rings. The van der Waals surface area contributed by atoms with E-state index < -0.39 is 0 Å². The van der Waals surface area contributed by atoms with Crippen molar-refractivity contribution in [1.82, 2.24) is 14.9 Å². The van der Waals surface area contributed by atoms with Crippen LogP contribution in [0.5, 0.6) is 0 Å². The van der Waals surface area contributed by atoms with Gasteiger partial charge in [0.2, 0.25) is 0 Å². The number of hydrogen-bond donors (Lipinski definition) is 1. The largest absolute Gasteiger partial charge is 0.331 e. The maximum atomic E-state index is 4.67. The summed E-state index contributed by atoms with van der Waals surface area (Å²) in [5.74, 6) is 1.19. The van der Waals surface area contributed by atoms with Crippen LogP contribution >= 0.6 is 0 Å². The first-order valence-corrected chi connectivity index (χ1v) is 6.08. The molecule has 1 N–H and O–H groups in total.